The Kier molecular flexibility index (Phi) is 8.17. The van der Waals surface area contributed by atoms with Crippen LogP contribution in [0.25, 0.3) is 5.76 Å². The van der Waals surface area contributed by atoms with Crippen molar-refractivity contribution < 1.29 is 23.6 Å². The number of allylic oxidation sites excluding steroid dienone is 1. The first kappa shape index (κ1) is 29.2. The molecule has 1 saturated heterocycles. The van der Waals surface area contributed by atoms with Crippen LogP contribution in [0.2, 0.25) is 5.02 Å². The molecule has 5 rings (SSSR count). The standard InChI is InChI=1S/C33H42BClO5/c1-20-14-23-16-21(2)28(25(15-20)17-23)31(37-7)27-13-10-24(18-36)30(29(27)35)38-19-22-8-11-26(12-9-22)34-39-32(3,4)33(5,6)40-34/h8-13,18,20-21,23,25H,14-17,19H2,1-7H3/b31-28-. The molecule has 2 aromatic carbocycles. The van der Waals surface area contributed by atoms with Crippen LogP contribution < -0.4 is 10.2 Å². The van der Waals surface area contributed by atoms with Crippen molar-refractivity contribution in [3.63, 3.8) is 0 Å². The van der Waals surface area contributed by atoms with Crippen molar-refractivity contribution in [1.82, 2.24) is 0 Å². The third-order valence-electron chi connectivity index (χ3n) is 9.55. The molecule has 2 aromatic rings. The summed E-state index contributed by atoms with van der Waals surface area (Å²) in [7, 11) is 1.30. The maximum absolute atomic E-state index is 12.0. The molecule has 214 valence electrons. The number of benzene rings is 2. The Morgan fingerprint density at radius 3 is 2.30 bits per heavy atom. The summed E-state index contributed by atoms with van der Waals surface area (Å²) in [6, 6.07) is 11.7. The lowest BCUT2D eigenvalue weighted by Gasteiger charge is -2.43. The summed E-state index contributed by atoms with van der Waals surface area (Å²) < 4.78 is 24.6. The second-order valence-corrected chi connectivity index (χ2v) is 13.5. The van der Waals surface area contributed by atoms with E-state index in [0.29, 0.717) is 34.1 Å². The van der Waals surface area contributed by atoms with E-state index < -0.39 is 18.3 Å². The molecule has 1 heterocycles. The zero-order chi connectivity index (χ0) is 28.8. The Bertz CT molecular complexity index is 1260. The van der Waals surface area contributed by atoms with Crippen LogP contribution in [0, 0.1) is 23.7 Å². The minimum atomic E-state index is -0.419. The lowest BCUT2D eigenvalue weighted by Crippen LogP contribution is -2.41. The van der Waals surface area contributed by atoms with Crippen molar-refractivity contribution in [3.05, 3.63) is 63.7 Å². The fourth-order valence-electron chi connectivity index (χ4n) is 6.91. The van der Waals surface area contributed by atoms with Gasteiger partial charge in [-0.05, 0) is 106 Å². The summed E-state index contributed by atoms with van der Waals surface area (Å²) in [5, 5.41) is 0.418. The van der Waals surface area contributed by atoms with Crippen LogP contribution in [-0.4, -0.2) is 31.7 Å². The van der Waals surface area contributed by atoms with Crippen molar-refractivity contribution in [3.8, 4) is 5.75 Å². The topological polar surface area (TPSA) is 54.0 Å². The summed E-state index contributed by atoms with van der Waals surface area (Å²) in [4.78, 5) is 12.0. The van der Waals surface area contributed by atoms with E-state index in [0.717, 1.165) is 34.6 Å². The number of carbonyl (C=O) groups excluding carboxylic acids is 1. The summed E-state index contributed by atoms with van der Waals surface area (Å²) in [6.07, 6.45) is 5.69. The molecule has 0 amide bonds. The molecule has 2 bridgehead atoms. The molecule has 7 heteroatoms. The molecule has 4 atom stereocenters. The van der Waals surface area contributed by atoms with Crippen molar-refractivity contribution in [1.29, 1.82) is 0 Å². The number of carbonyl (C=O) groups is 1. The van der Waals surface area contributed by atoms with Crippen LogP contribution in [0.5, 0.6) is 5.75 Å². The lowest BCUT2D eigenvalue weighted by atomic mass is 9.62. The number of ether oxygens (including phenoxy) is 2. The van der Waals surface area contributed by atoms with Crippen molar-refractivity contribution in [2.75, 3.05) is 7.11 Å². The lowest BCUT2D eigenvalue weighted by molar-refractivity contribution is 0.00578. The first-order chi connectivity index (χ1) is 18.9. The highest BCUT2D eigenvalue weighted by Gasteiger charge is 2.51. The number of methoxy groups -OCH3 is 1. The third kappa shape index (κ3) is 5.47. The van der Waals surface area contributed by atoms with Gasteiger partial charge in [0.1, 0.15) is 18.1 Å². The summed E-state index contributed by atoms with van der Waals surface area (Å²) >= 11 is 7.00. The van der Waals surface area contributed by atoms with Gasteiger partial charge in [0.15, 0.2) is 6.29 Å². The highest BCUT2D eigenvalue weighted by Crippen LogP contribution is 2.51. The molecule has 3 aliphatic rings. The molecular formula is C33H42BClO5. The zero-order valence-electron chi connectivity index (χ0n) is 24.9. The maximum Gasteiger partial charge on any atom is 0.494 e. The molecule has 0 aromatic heterocycles. The summed E-state index contributed by atoms with van der Waals surface area (Å²) in [6.45, 7) is 13.1. The van der Waals surface area contributed by atoms with Gasteiger partial charge in [-0.3, -0.25) is 4.79 Å². The van der Waals surface area contributed by atoms with Crippen LogP contribution in [0.3, 0.4) is 0 Å². The van der Waals surface area contributed by atoms with Crippen molar-refractivity contribution >= 4 is 36.2 Å². The van der Waals surface area contributed by atoms with Crippen LogP contribution in [0.15, 0.2) is 42.0 Å². The van der Waals surface area contributed by atoms with Gasteiger partial charge in [-0.25, -0.2) is 0 Å². The predicted molar refractivity (Wildman–Crippen MR) is 161 cm³/mol. The van der Waals surface area contributed by atoms with Gasteiger partial charge in [0.25, 0.3) is 0 Å². The van der Waals surface area contributed by atoms with E-state index in [-0.39, 0.29) is 6.61 Å². The SMILES string of the molecule is CO/C(=C1/C(C)CC2CC(C)CC1C2)c1ccc(C=O)c(OCc2ccc(B3OC(C)(C)C(C)(C)O3)cc2)c1Cl. The van der Waals surface area contributed by atoms with Gasteiger partial charge >= 0.3 is 7.12 Å². The molecule has 5 nitrogen and oxygen atoms in total. The maximum atomic E-state index is 12.0. The van der Waals surface area contributed by atoms with Gasteiger partial charge in [-0.15, -0.1) is 0 Å². The van der Waals surface area contributed by atoms with Crippen LogP contribution in [0.1, 0.15) is 88.7 Å². The van der Waals surface area contributed by atoms with Crippen LogP contribution >= 0.6 is 11.6 Å². The van der Waals surface area contributed by atoms with E-state index in [1.807, 2.05) is 58.0 Å². The normalized spacial score (nSPS) is 28.2. The molecule has 3 fully saturated rings. The highest BCUT2D eigenvalue weighted by atomic mass is 35.5. The molecule has 0 radical (unpaired) electrons. The fraction of sp³-hybridized carbons (Fsp3) is 0.545. The Hall–Kier alpha value is -2.28. The Balaban J connectivity index is 1.38. The van der Waals surface area contributed by atoms with Gasteiger partial charge in [0, 0.05) is 5.56 Å². The third-order valence-corrected chi connectivity index (χ3v) is 9.93. The molecule has 0 spiro atoms. The summed E-state index contributed by atoms with van der Waals surface area (Å²) in [5.74, 6) is 3.66. The van der Waals surface area contributed by atoms with Crippen molar-refractivity contribution in [2.45, 2.75) is 85.0 Å². The minimum Gasteiger partial charge on any atom is -0.496 e. The monoisotopic (exact) mass is 564 g/mol. The van der Waals surface area contributed by atoms with E-state index >= 15 is 0 Å². The van der Waals surface area contributed by atoms with Gasteiger partial charge < -0.3 is 18.8 Å². The van der Waals surface area contributed by atoms with Gasteiger partial charge in [0.2, 0.25) is 0 Å². The Morgan fingerprint density at radius 1 is 1.00 bits per heavy atom. The fourth-order valence-corrected chi connectivity index (χ4v) is 7.22. The molecule has 0 N–H and O–H groups in total. The summed E-state index contributed by atoms with van der Waals surface area (Å²) in [5.41, 5.74) is 3.69. The largest absolute Gasteiger partial charge is 0.496 e. The molecule has 40 heavy (non-hydrogen) atoms. The second-order valence-electron chi connectivity index (χ2n) is 13.1. The van der Waals surface area contributed by atoms with E-state index in [9.17, 15) is 4.79 Å². The average molecular weight is 565 g/mol. The van der Waals surface area contributed by atoms with Crippen LogP contribution in [0.4, 0.5) is 0 Å². The number of rotatable bonds is 7. The molecule has 4 unspecified atom stereocenters. The number of fused-ring (bicyclic) bond motifs is 2. The van der Waals surface area contributed by atoms with E-state index in [2.05, 4.69) is 13.8 Å². The van der Waals surface area contributed by atoms with Gasteiger partial charge in [0.05, 0.1) is 28.9 Å². The van der Waals surface area contributed by atoms with Crippen molar-refractivity contribution in [2.24, 2.45) is 23.7 Å². The van der Waals surface area contributed by atoms with E-state index in [4.69, 9.17) is 30.4 Å². The van der Waals surface area contributed by atoms with Crippen LogP contribution in [-0.2, 0) is 20.7 Å². The number of halogens is 1. The quantitative estimate of drug-likeness (QED) is 0.198. The highest BCUT2D eigenvalue weighted by molar-refractivity contribution is 6.62. The molecule has 2 saturated carbocycles. The zero-order valence-corrected chi connectivity index (χ0v) is 25.6. The smallest absolute Gasteiger partial charge is 0.494 e. The van der Waals surface area contributed by atoms with Gasteiger partial charge in [-0.1, -0.05) is 49.7 Å². The predicted octanol–water partition coefficient (Wildman–Crippen LogP) is 7.48. The number of aldehydes is 1. The number of hydrogen-bond acceptors (Lipinski definition) is 5. The molecule has 1 aliphatic heterocycles. The van der Waals surface area contributed by atoms with E-state index in [1.165, 1.54) is 31.3 Å². The minimum absolute atomic E-state index is 0.269. The number of hydrogen-bond donors (Lipinski definition) is 0. The Labute approximate surface area is 244 Å². The van der Waals surface area contributed by atoms with E-state index in [1.54, 1.807) is 13.2 Å². The second kappa shape index (κ2) is 11.2. The van der Waals surface area contributed by atoms with Gasteiger partial charge in [-0.2, -0.15) is 0 Å². The average Bonchev–Trinajstić information content (AvgIpc) is 3.12. The Morgan fingerprint density at radius 2 is 1.68 bits per heavy atom. The first-order valence-electron chi connectivity index (χ1n) is 14.6. The molecule has 2 aliphatic carbocycles. The molecular weight excluding hydrogens is 523 g/mol. The first-order valence-corrected chi connectivity index (χ1v) is 14.9.